The minimum Gasteiger partial charge on any atom is -0.378 e. The minimum absolute atomic E-state index is 0.0386. The highest BCUT2D eigenvalue weighted by atomic mass is 32.2. The molecule has 1 aliphatic heterocycles. The first kappa shape index (κ1) is 14.0. The average molecular weight is 280 g/mol. The largest absolute Gasteiger partial charge is 0.378 e. The molecule has 0 saturated carbocycles. The summed E-state index contributed by atoms with van der Waals surface area (Å²) < 4.78 is 31.4. The van der Waals surface area contributed by atoms with Crippen molar-refractivity contribution in [2.24, 2.45) is 0 Å². The van der Waals surface area contributed by atoms with Gasteiger partial charge < -0.3 is 4.74 Å². The number of rotatable bonds is 3. The number of hydrogen-bond acceptors (Lipinski definition) is 4. The second-order valence-corrected chi connectivity index (χ2v) is 6.52. The molecule has 102 valence electrons. The summed E-state index contributed by atoms with van der Waals surface area (Å²) in [6.45, 7) is 3.12. The van der Waals surface area contributed by atoms with E-state index < -0.39 is 10.0 Å². The van der Waals surface area contributed by atoms with Gasteiger partial charge in [0.05, 0.1) is 30.6 Å². The molecule has 0 spiro atoms. The van der Waals surface area contributed by atoms with Crippen molar-refractivity contribution in [1.29, 1.82) is 5.26 Å². The molecule has 1 heterocycles. The molecule has 1 aromatic rings. The number of morpholine rings is 1. The zero-order valence-corrected chi connectivity index (χ0v) is 11.6. The molecule has 6 heteroatoms. The Kier molecular flexibility index (Phi) is 4.20. The van der Waals surface area contributed by atoms with Gasteiger partial charge in [0, 0.05) is 12.6 Å². The van der Waals surface area contributed by atoms with Crippen LogP contribution in [0.15, 0.2) is 24.3 Å². The van der Waals surface area contributed by atoms with E-state index in [-0.39, 0.29) is 11.8 Å². The number of sulfonamides is 1. The van der Waals surface area contributed by atoms with Gasteiger partial charge in [0.2, 0.25) is 10.0 Å². The first-order valence-electron chi connectivity index (χ1n) is 6.09. The normalized spacial score (nSPS) is 20.9. The Morgan fingerprint density at radius 3 is 2.68 bits per heavy atom. The molecule has 19 heavy (non-hydrogen) atoms. The highest BCUT2D eigenvalue weighted by Gasteiger charge is 2.29. The zero-order chi connectivity index (χ0) is 13.9. The Bertz CT molecular complexity index is 575. The van der Waals surface area contributed by atoms with Crippen LogP contribution in [-0.4, -0.2) is 38.5 Å². The van der Waals surface area contributed by atoms with Crippen molar-refractivity contribution in [3.8, 4) is 6.07 Å². The summed E-state index contributed by atoms with van der Waals surface area (Å²) in [4.78, 5) is 0. The monoisotopic (exact) mass is 280 g/mol. The molecule has 0 amide bonds. The van der Waals surface area contributed by atoms with E-state index in [0.29, 0.717) is 30.9 Å². The lowest BCUT2D eigenvalue weighted by Crippen LogP contribution is -2.47. The smallest absolute Gasteiger partial charge is 0.218 e. The zero-order valence-electron chi connectivity index (χ0n) is 10.7. The van der Waals surface area contributed by atoms with E-state index in [2.05, 4.69) is 0 Å². The first-order chi connectivity index (χ1) is 9.03. The maximum Gasteiger partial charge on any atom is 0.218 e. The molecule has 0 unspecified atom stereocenters. The van der Waals surface area contributed by atoms with Gasteiger partial charge in [-0.2, -0.15) is 9.57 Å². The lowest BCUT2D eigenvalue weighted by Gasteiger charge is -2.32. The Hall–Kier alpha value is -1.42. The van der Waals surface area contributed by atoms with E-state index in [4.69, 9.17) is 10.00 Å². The lowest BCUT2D eigenvalue weighted by molar-refractivity contribution is 0.0392. The molecule has 0 N–H and O–H groups in total. The van der Waals surface area contributed by atoms with Crippen molar-refractivity contribution < 1.29 is 13.2 Å². The van der Waals surface area contributed by atoms with E-state index in [1.165, 1.54) is 4.31 Å². The van der Waals surface area contributed by atoms with Crippen LogP contribution in [0, 0.1) is 11.3 Å². The van der Waals surface area contributed by atoms with Crippen molar-refractivity contribution in [1.82, 2.24) is 4.31 Å². The third-order valence-corrected chi connectivity index (χ3v) is 5.05. The van der Waals surface area contributed by atoms with Gasteiger partial charge in [-0.1, -0.05) is 12.1 Å². The molecule has 2 rings (SSSR count). The molecule has 1 fully saturated rings. The quantitative estimate of drug-likeness (QED) is 0.831. The number of hydrogen-bond donors (Lipinski definition) is 0. The van der Waals surface area contributed by atoms with Gasteiger partial charge in [0.1, 0.15) is 0 Å². The van der Waals surface area contributed by atoms with Crippen LogP contribution in [-0.2, 0) is 20.5 Å². The van der Waals surface area contributed by atoms with Gasteiger partial charge in [-0.15, -0.1) is 0 Å². The molecular weight excluding hydrogens is 264 g/mol. The number of nitriles is 1. The summed E-state index contributed by atoms with van der Waals surface area (Å²) in [5, 5.41) is 8.71. The van der Waals surface area contributed by atoms with Crippen LogP contribution < -0.4 is 0 Å². The molecule has 1 aromatic carbocycles. The van der Waals surface area contributed by atoms with Gasteiger partial charge in [-0.25, -0.2) is 8.42 Å². The number of ether oxygens (including phenoxy) is 1. The van der Waals surface area contributed by atoms with Gasteiger partial charge in [-0.3, -0.25) is 0 Å². The SMILES string of the molecule is C[C@@H]1COCCN1S(=O)(=O)Cc1ccc(C#N)cc1. The Morgan fingerprint density at radius 2 is 2.11 bits per heavy atom. The fourth-order valence-corrected chi connectivity index (χ4v) is 3.84. The van der Waals surface area contributed by atoms with E-state index in [1.54, 1.807) is 24.3 Å². The van der Waals surface area contributed by atoms with E-state index in [9.17, 15) is 8.42 Å². The van der Waals surface area contributed by atoms with Crippen LogP contribution >= 0.6 is 0 Å². The van der Waals surface area contributed by atoms with E-state index >= 15 is 0 Å². The minimum atomic E-state index is -3.33. The predicted molar refractivity (Wildman–Crippen MR) is 70.8 cm³/mol. The van der Waals surface area contributed by atoms with Crippen molar-refractivity contribution in [3.05, 3.63) is 35.4 Å². The fourth-order valence-electron chi connectivity index (χ4n) is 2.09. The molecule has 0 aromatic heterocycles. The van der Waals surface area contributed by atoms with Gasteiger partial charge >= 0.3 is 0 Å². The molecular formula is C13H16N2O3S. The number of benzene rings is 1. The standard InChI is InChI=1S/C13H16N2O3S/c1-11-9-18-7-6-15(11)19(16,17)10-13-4-2-12(8-14)3-5-13/h2-5,11H,6-7,9-10H2,1H3/t11-/m1/s1. The summed E-state index contributed by atoms with van der Waals surface area (Å²) in [6, 6.07) is 8.51. The van der Waals surface area contributed by atoms with Crippen LogP contribution in [0.1, 0.15) is 18.1 Å². The topological polar surface area (TPSA) is 70.4 Å². The molecule has 1 atom stereocenters. The number of nitrogens with zero attached hydrogens (tertiary/aromatic N) is 2. The summed E-state index contributed by atoms with van der Waals surface area (Å²) in [6.07, 6.45) is 0. The third kappa shape index (κ3) is 3.32. The average Bonchev–Trinajstić information content (AvgIpc) is 2.39. The van der Waals surface area contributed by atoms with Crippen LogP contribution in [0.3, 0.4) is 0 Å². The van der Waals surface area contributed by atoms with Gasteiger partial charge in [0.15, 0.2) is 0 Å². The molecule has 0 aliphatic carbocycles. The highest BCUT2D eigenvalue weighted by molar-refractivity contribution is 7.88. The molecule has 0 bridgehead atoms. The predicted octanol–water partition coefficient (Wildman–Crippen LogP) is 1.11. The summed E-state index contributed by atoms with van der Waals surface area (Å²) in [5.41, 5.74) is 1.22. The second-order valence-electron chi connectivity index (χ2n) is 4.60. The molecule has 5 nitrogen and oxygen atoms in total. The van der Waals surface area contributed by atoms with Crippen molar-refractivity contribution in [2.45, 2.75) is 18.7 Å². The van der Waals surface area contributed by atoms with Crippen LogP contribution in [0.5, 0.6) is 0 Å². The van der Waals surface area contributed by atoms with Gasteiger partial charge in [0.25, 0.3) is 0 Å². The third-order valence-electron chi connectivity index (χ3n) is 3.10. The van der Waals surface area contributed by atoms with Crippen LogP contribution in [0.25, 0.3) is 0 Å². The van der Waals surface area contributed by atoms with E-state index in [0.717, 1.165) is 0 Å². The Labute approximate surface area is 113 Å². The molecule has 1 saturated heterocycles. The first-order valence-corrected chi connectivity index (χ1v) is 7.70. The summed E-state index contributed by atoms with van der Waals surface area (Å²) in [7, 11) is -3.33. The van der Waals surface area contributed by atoms with Crippen molar-refractivity contribution in [2.75, 3.05) is 19.8 Å². The Morgan fingerprint density at radius 1 is 1.42 bits per heavy atom. The maximum absolute atomic E-state index is 12.3. The van der Waals surface area contributed by atoms with Crippen LogP contribution in [0.4, 0.5) is 0 Å². The summed E-state index contributed by atoms with van der Waals surface area (Å²) in [5.74, 6) is -0.0386. The fraction of sp³-hybridized carbons (Fsp3) is 0.462. The van der Waals surface area contributed by atoms with E-state index in [1.807, 2.05) is 13.0 Å². The Balaban J connectivity index is 2.14. The van der Waals surface area contributed by atoms with Crippen LogP contribution in [0.2, 0.25) is 0 Å². The van der Waals surface area contributed by atoms with Crippen molar-refractivity contribution in [3.63, 3.8) is 0 Å². The highest BCUT2D eigenvalue weighted by Crippen LogP contribution is 2.17. The maximum atomic E-state index is 12.3. The molecule has 1 aliphatic rings. The lowest BCUT2D eigenvalue weighted by atomic mass is 10.2. The van der Waals surface area contributed by atoms with Crippen molar-refractivity contribution >= 4 is 10.0 Å². The summed E-state index contributed by atoms with van der Waals surface area (Å²) >= 11 is 0. The second kappa shape index (κ2) is 5.70. The van der Waals surface area contributed by atoms with Gasteiger partial charge in [-0.05, 0) is 24.6 Å². The molecule has 0 radical (unpaired) electrons.